The van der Waals surface area contributed by atoms with E-state index in [1.807, 2.05) is 17.8 Å². The molecule has 0 fully saturated rings. The summed E-state index contributed by atoms with van der Waals surface area (Å²) in [6, 6.07) is 6.62. The van der Waals surface area contributed by atoms with E-state index >= 15 is 0 Å². The van der Waals surface area contributed by atoms with Crippen molar-refractivity contribution in [3.63, 3.8) is 0 Å². The van der Waals surface area contributed by atoms with Gasteiger partial charge in [-0.3, -0.25) is 0 Å². The van der Waals surface area contributed by atoms with E-state index in [0.29, 0.717) is 6.61 Å². The van der Waals surface area contributed by atoms with E-state index in [1.165, 1.54) is 11.1 Å². The Morgan fingerprint density at radius 2 is 2.26 bits per heavy atom. The fourth-order valence-electron chi connectivity index (χ4n) is 1.96. The van der Waals surface area contributed by atoms with Gasteiger partial charge in [-0.2, -0.15) is 0 Å². The van der Waals surface area contributed by atoms with Crippen molar-refractivity contribution in [3.05, 3.63) is 48.0 Å². The lowest BCUT2D eigenvalue weighted by Gasteiger charge is -2.17. The van der Waals surface area contributed by atoms with Crippen LogP contribution in [0.2, 0.25) is 0 Å². The summed E-state index contributed by atoms with van der Waals surface area (Å²) >= 11 is 0. The van der Waals surface area contributed by atoms with Crippen molar-refractivity contribution >= 4 is 0 Å². The van der Waals surface area contributed by atoms with Crippen LogP contribution in [0.4, 0.5) is 0 Å². The Balaban J connectivity index is 2.03. The summed E-state index contributed by atoms with van der Waals surface area (Å²) in [6.07, 6.45) is 5.52. The van der Waals surface area contributed by atoms with Crippen LogP contribution in [0.25, 0.3) is 0 Å². The van der Waals surface area contributed by atoms with Crippen LogP contribution in [0.5, 0.6) is 5.75 Å². The Hall–Kier alpha value is -1.81. The second-order valence-electron chi connectivity index (χ2n) is 4.70. The van der Waals surface area contributed by atoms with Crippen LogP contribution in [0.1, 0.15) is 24.1 Å². The zero-order chi connectivity index (χ0) is 13.7. The molecule has 0 aliphatic rings. The fourth-order valence-corrected chi connectivity index (χ4v) is 1.96. The van der Waals surface area contributed by atoms with Crippen LogP contribution >= 0.6 is 0 Å². The molecular weight excluding hydrogens is 238 g/mol. The van der Waals surface area contributed by atoms with Crippen LogP contribution in [-0.4, -0.2) is 23.2 Å². The lowest BCUT2D eigenvalue weighted by atomic mass is 10.1. The normalized spacial score (nSPS) is 12.4. The number of nitrogens with zero attached hydrogens (tertiary/aromatic N) is 2. The zero-order valence-electron chi connectivity index (χ0n) is 11.8. The number of rotatable bonds is 6. The smallest absolute Gasteiger partial charge is 0.124 e. The molecule has 0 amide bonds. The summed E-state index contributed by atoms with van der Waals surface area (Å²) < 4.78 is 7.94. The van der Waals surface area contributed by atoms with Crippen molar-refractivity contribution < 1.29 is 4.74 Å². The van der Waals surface area contributed by atoms with E-state index in [-0.39, 0.29) is 6.04 Å². The molecule has 1 N–H and O–H groups in total. The van der Waals surface area contributed by atoms with Gasteiger partial charge in [-0.1, -0.05) is 12.1 Å². The highest BCUT2D eigenvalue weighted by molar-refractivity contribution is 5.39. The summed E-state index contributed by atoms with van der Waals surface area (Å²) in [6.45, 7) is 5.66. The van der Waals surface area contributed by atoms with Crippen molar-refractivity contribution in [2.75, 3.05) is 13.7 Å². The molecule has 0 aliphatic heterocycles. The molecule has 4 heteroatoms. The SMILES string of the molecule is CNC(C)c1ccc(C)cc1OCCn1ccnc1. The maximum absolute atomic E-state index is 5.93. The molecule has 1 atom stereocenters. The number of aromatic nitrogens is 2. The van der Waals surface area contributed by atoms with E-state index in [2.05, 4.69) is 42.3 Å². The first-order chi connectivity index (χ1) is 9.20. The van der Waals surface area contributed by atoms with Crippen molar-refractivity contribution in [2.45, 2.75) is 26.4 Å². The second-order valence-corrected chi connectivity index (χ2v) is 4.70. The third kappa shape index (κ3) is 3.58. The van der Waals surface area contributed by atoms with Gasteiger partial charge in [0, 0.05) is 24.0 Å². The quantitative estimate of drug-likeness (QED) is 0.866. The monoisotopic (exact) mass is 259 g/mol. The first-order valence-corrected chi connectivity index (χ1v) is 6.57. The summed E-state index contributed by atoms with van der Waals surface area (Å²) in [5, 5.41) is 3.25. The maximum atomic E-state index is 5.93. The maximum Gasteiger partial charge on any atom is 0.124 e. The number of hydrogen-bond donors (Lipinski definition) is 1. The van der Waals surface area contributed by atoms with Gasteiger partial charge in [-0.25, -0.2) is 4.98 Å². The number of imidazole rings is 1. The average molecular weight is 259 g/mol. The van der Waals surface area contributed by atoms with Gasteiger partial charge in [0.15, 0.2) is 0 Å². The molecule has 102 valence electrons. The number of benzene rings is 1. The Kier molecular flexibility index (Phi) is 4.58. The van der Waals surface area contributed by atoms with Gasteiger partial charge < -0.3 is 14.6 Å². The molecule has 2 aromatic rings. The molecule has 0 aliphatic carbocycles. The summed E-state index contributed by atoms with van der Waals surface area (Å²) in [4.78, 5) is 4.02. The highest BCUT2D eigenvalue weighted by Crippen LogP contribution is 2.26. The molecule has 1 heterocycles. The third-order valence-electron chi connectivity index (χ3n) is 3.23. The van der Waals surface area contributed by atoms with E-state index in [1.54, 1.807) is 12.5 Å². The van der Waals surface area contributed by atoms with E-state index in [4.69, 9.17) is 4.74 Å². The number of hydrogen-bond acceptors (Lipinski definition) is 3. The molecule has 1 aromatic carbocycles. The lowest BCUT2D eigenvalue weighted by Crippen LogP contribution is -2.15. The van der Waals surface area contributed by atoms with Gasteiger partial charge in [0.05, 0.1) is 12.9 Å². The highest BCUT2D eigenvalue weighted by atomic mass is 16.5. The van der Waals surface area contributed by atoms with Gasteiger partial charge in [-0.15, -0.1) is 0 Å². The standard InChI is InChI=1S/C15H21N3O/c1-12-4-5-14(13(2)16-3)15(10-12)19-9-8-18-7-6-17-11-18/h4-7,10-11,13,16H,8-9H2,1-3H3. The number of ether oxygens (including phenoxy) is 1. The van der Waals surface area contributed by atoms with Gasteiger partial charge in [0.25, 0.3) is 0 Å². The highest BCUT2D eigenvalue weighted by Gasteiger charge is 2.10. The molecule has 1 aromatic heterocycles. The van der Waals surface area contributed by atoms with Gasteiger partial charge in [0.1, 0.15) is 12.4 Å². The van der Waals surface area contributed by atoms with Crippen LogP contribution in [0.3, 0.4) is 0 Å². The summed E-state index contributed by atoms with van der Waals surface area (Å²) in [7, 11) is 1.96. The fraction of sp³-hybridized carbons (Fsp3) is 0.400. The molecule has 4 nitrogen and oxygen atoms in total. The molecule has 0 saturated heterocycles. The topological polar surface area (TPSA) is 39.1 Å². The minimum atomic E-state index is 0.281. The molecule has 0 bridgehead atoms. The van der Waals surface area contributed by atoms with E-state index in [0.717, 1.165) is 12.3 Å². The molecule has 0 saturated carbocycles. The van der Waals surface area contributed by atoms with Crippen molar-refractivity contribution in [1.29, 1.82) is 0 Å². The zero-order valence-corrected chi connectivity index (χ0v) is 11.8. The molecular formula is C15H21N3O. The van der Waals surface area contributed by atoms with Gasteiger partial charge in [-0.05, 0) is 32.5 Å². The second kappa shape index (κ2) is 6.38. The van der Waals surface area contributed by atoms with Crippen LogP contribution < -0.4 is 10.1 Å². The van der Waals surface area contributed by atoms with Crippen LogP contribution in [0, 0.1) is 6.92 Å². The summed E-state index contributed by atoms with van der Waals surface area (Å²) in [5.74, 6) is 0.960. The third-order valence-corrected chi connectivity index (χ3v) is 3.23. The molecule has 0 radical (unpaired) electrons. The Bertz CT molecular complexity index is 508. The first kappa shape index (κ1) is 13.6. The average Bonchev–Trinajstić information content (AvgIpc) is 2.91. The Morgan fingerprint density at radius 3 is 2.95 bits per heavy atom. The predicted octanol–water partition coefficient (Wildman–Crippen LogP) is 2.55. The molecule has 2 rings (SSSR count). The van der Waals surface area contributed by atoms with Crippen molar-refractivity contribution in [3.8, 4) is 5.75 Å². The molecule has 0 spiro atoms. The van der Waals surface area contributed by atoms with E-state index in [9.17, 15) is 0 Å². The van der Waals surface area contributed by atoms with Crippen molar-refractivity contribution in [2.24, 2.45) is 0 Å². The van der Waals surface area contributed by atoms with Crippen molar-refractivity contribution in [1.82, 2.24) is 14.9 Å². The van der Waals surface area contributed by atoms with E-state index < -0.39 is 0 Å². The predicted molar refractivity (Wildman–Crippen MR) is 76.4 cm³/mol. The van der Waals surface area contributed by atoms with Crippen LogP contribution in [0.15, 0.2) is 36.9 Å². The molecule has 1 unspecified atom stereocenters. The number of nitrogens with one attached hydrogen (secondary N) is 1. The van der Waals surface area contributed by atoms with Gasteiger partial charge >= 0.3 is 0 Å². The lowest BCUT2D eigenvalue weighted by molar-refractivity contribution is 0.293. The minimum absolute atomic E-state index is 0.281. The minimum Gasteiger partial charge on any atom is -0.491 e. The van der Waals surface area contributed by atoms with Crippen LogP contribution in [-0.2, 0) is 6.54 Å². The Labute approximate surface area is 114 Å². The Morgan fingerprint density at radius 1 is 1.42 bits per heavy atom. The number of aryl methyl sites for hydroxylation is 1. The largest absolute Gasteiger partial charge is 0.491 e. The van der Waals surface area contributed by atoms with Gasteiger partial charge in [0.2, 0.25) is 0 Å². The first-order valence-electron chi connectivity index (χ1n) is 6.57. The molecule has 19 heavy (non-hydrogen) atoms. The summed E-state index contributed by atoms with van der Waals surface area (Å²) in [5.41, 5.74) is 2.41.